The standard InChI is InChI=1S/C18H19N5O2/c1-14-4-7-16(8-5-14)25-10-2-3-18(24)22-15-6-9-17(19-11-15)23-12-20-21-13-23/h4-9,11-13H,2-3,10H2,1H3,(H,22,24). The van der Waals surface area contributed by atoms with E-state index >= 15 is 0 Å². The highest BCUT2D eigenvalue weighted by Crippen LogP contribution is 2.12. The minimum absolute atomic E-state index is 0.0636. The number of aryl methyl sites for hydroxylation is 1. The van der Waals surface area contributed by atoms with Crippen LogP contribution in [-0.2, 0) is 4.79 Å². The number of hydrogen-bond donors (Lipinski definition) is 1. The summed E-state index contributed by atoms with van der Waals surface area (Å²) in [5, 5.41) is 10.3. The maximum Gasteiger partial charge on any atom is 0.224 e. The van der Waals surface area contributed by atoms with E-state index in [1.54, 1.807) is 35.6 Å². The predicted molar refractivity (Wildman–Crippen MR) is 93.7 cm³/mol. The summed E-state index contributed by atoms with van der Waals surface area (Å²) in [7, 11) is 0. The average Bonchev–Trinajstić information content (AvgIpc) is 3.15. The van der Waals surface area contributed by atoms with Crippen molar-refractivity contribution >= 4 is 11.6 Å². The van der Waals surface area contributed by atoms with Crippen molar-refractivity contribution in [1.82, 2.24) is 19.7 Å². The second-order valence-electron chi connectivity index (χ2n) is 5.59. The number of nitrogens with one attached hydrogen (secondary N) is 1. The molecule has 0 aliphatic heterocycles. The Bertz CT molecular complexity index is 798. The van der Waals surface area contributed by atoms with Crippen molar-refractivity contribution in [1.29, 1.82) is 0 Å². The maximum atomic E-state index is 12.0. The molecule has 0 bridgehead atoms. The first-order valence-electron chi connectivity index (χ1n) is 8.01. The zero-order valence-electron chi connectivity index (χ0n) is 13.9. The third-order valence-electron chi connectivity index (χ3n) is 3.55. The van der Waals surface area contributed by atoms with Crippen LogP contribution in [0.3, 0.4) is 0 Å². The average molecular weight is 337 g/mol. The fraction of sp³-hybridized carbons (Fsp3) is 0.222. The third kappa shape index (κ3) is 4.87. The molecule has 7 nitrogen and oxygen atoms in total. The van der Waals surface area contributed by atoms with E-state index in [9.17, 15) is 4.79 Å². The maximum absolute atomic E-state index is 12.0. The molecular weight excluding hydrogens is 318 g/mol. The number of hydrogen-bond acceptors (Lipinski definition) is 5. The molecule has 7 heteroatoms. The molecule has 0 atom stereocenters. The van der Waals surface area contributed by atoms with E-state index in [1.165, 1.54) is 5.56 Å². The van der Waals surface area contributed by atoms with E-state index < -0.39 is 0 Å². The van der Waals surface area contributed by atoms with Gasteiger partial charge in [0.2, 0.25) is 5.91 Å². The van der Waals surface area contributed by atoms with Gasteiger partial charge in [-0.25, -0.2) is 4.98 Å². The number of pyridine rings is 1. The van der Waals surface area contributed by atoms with Gasteiger partial charge in [-0.3, -0.25) is 9.36 Å². The molecule has 0 unspecified atom stereocenters. The molecular formula is C18H19N5O2. The molecule has 0 aliphatic rings. The van der Waals surface area contributed by atoms with Gasteiger partial charge in [0.15, 0.2) is 0 Å². The van der Waals surface area contributed by atoms with Crippen molar-refractivity contribution in [2.75, 3.05) is 11.9 Å². The van der Waals surface area contributed by atoms with Gasteiger partial charge in [-0.1, -0.05) is 17.7 Å². The molecule has 2 aromatic heterocycles. The number of carbonyl (C=O) groups is 1. The Kier molecular flexibility index (Phi) is 5.36. The van der Waals surface area contributed by atoms with E-state index in [0.717, 1.165) is 5.75 Å². The highest BCUT2D eigenvalue weighted by Gasteiger charge is 2.04. The second-order valence-corrected chi connectivity index (χ2v) is 5.59. The number of ether oxygens (including phenoxy) is 1. The van der Waals surface area contributed by atoms with Crippen LogP contribution < -0.4 is 10.1 Å². The zero-order chi connectivity index (χ0) is 17.5. The monoisotopic (exact) mass is 337 g/mol. The summed E-state index contributed by atoms with van der Waals surface area (Å²) >= 11 is 0. The number of benzene rings is 1. The van der Waals surface area contributed by atoms with Gasteiger partial charge in [0.25, 0.3) is 0 Å². The number of aromatic nitrogens is 4. The lowest BCUT2D eigenvalue weighted by Crippen LogP contribution is -2.13. The van der Waals surface area contributed by atoms with E-state index in [0.29, 0.717) is 31.0 Å². The quantitative estimate of drug-likeness (QED) is 0.670. The first-order valence-corrected chi connectivity index (χ1v) is 8.01. The third-order valence-corrected chi connectivity index (χ3v) is 3.55. The van der Waals surface area contributed by atoms with Gasteiger partial charge in [0, 0.05) is 6.42 Å². The van der Waals surface area contributed by atoms with Crippen LogP contribution in [0.5, 0.6) is 5.75 Å². The van der Waals surface area contributed by atoms with Crippen LogP contribution >= 0.6 is 0 Å². The second kappa shape index (κ2) is 8.05. The van der Waals surface area contributed by atoms with Crippen LogP contribution in [0.2, 0.25) is 0 Å². The van der Waals surface area contributed by atoms with Gasteiger partial charge in [-0.2, -0.15) is 0 Å². The highest BCUT2D eigenvalue weighted by atomic mass is 16.5. The molecule has 3 aromatic rings. The Morgan fingerprint density at radius 1 is 1.12 bits per heavy atom. The Hall–Kier alpha value is -3.22. The highest BCUT2D eigenvalue weighted by molar-refractivity contribution is 5.90. The topological polar surface area (TPSA) is 81.9 Å². The summed E-state index contributed by atoms with van der Waals surface area (Å²) < 4.78 is 7.30. The molecule has 25 heavy (non-hydrogen) atoms. The van der Waals surface area contributed by atoms with E-state index in [4.69, 9.17) is 4.74 Å². The first kappa shape index (κ1) is 16.6. The Balaban J connectivity index is 1.41. The van der Waals surface area contributed by atoms with Crippen molar-refractivity contribution in [2.45, 2.75) is 19.8 Å². The fourth-order valence-electron chi connectivity index (χ4n) is 2.21. The summed E-state index contributed by atoms with van der Waals surface area (Å²) in [5.41, 5.74) is 1.84. The zero-order valence-corrected chi connectivity index (χ0v) is 13.9. The summed E-state index contributed by atoms with van der Waals surface area (Å²) in [6, 6.07) is 11.4. The Morgan fingerprint density at radius 3 is 2.56 bits per heavy atom. The normalized spacial score (nSPS) is 10.4. The van der Waals surface area contributed by atoms with Gasteiger partial charge >= 0.3 is 0 Å². The van der Waals surface area contributed by atoms with Crippen LogP contribution in [-0.4, -0.2) is 32.3 Å². The smallest absolute Gasteiger partial charge is 0.224 e. The van der Waals surface area contributed by atoms with E-state index in [-0.39, 0.29) is 5.91 Å². The summed E-state index contributed by atoms with van der Waals surface area (Å²) in [6.07, 6.45) is 5.77. The lowest BCUT2D eigenvalue weighted by molar-refractivity contribution is -0.116. The molecule has 0 spiro atoms. The summed E-state index contributed by atoms with van der Waals surface area (Å²) in [4.78, 5) is 16.2. The van der Waals surface area contributed by atoms with Crippen LogP contribution in [0.25, 0.3) is 5.82 Å². The fourth-order valence-corrected chi connectivity index (χ4v) is 2.21. The number of amides is 1. The summed E-state index contributed by atoms with van der Waals surface area (Å²) in [6.45, 7) is 2.53. The molecule has 1 N–H and O–H groups in total. The Labute approximate surface area is 145 Å². The lowest BCUT2D eigenvalue weighted by Gasteiger charge is -2.08. The first-order chi connectivity index (χ1) is 12.2. The van der Waals surface area contributed by atoms with Crippen LogP contribution in [0.4, 0.5) is 5.69 Å². The Morgan fingerprint density at radius 2 is 1.88 bits per heavy atom. The van der Waals surface area contributed by atoms with Crippen molar-refractivity contribution < 1.29 is 9.53 Å². The molecule has 3 rings (SSSR count). The molecule has 0 saturated carbocycles. The van der Waals surface area contributed by atoms with Gasteiger partial charge in [-0.05, 0) is 37.6 Å². The molecule has 128 valence electrons. The van der Waals surface area contributed by atoms with E-state index in [1.807, 2.05) is 31.2 Å². The number of carbonyl (C=O) groups excluding carboxylic acids is 1. The SMILES string of the molecule is Cc1ccc(OCCCC(=O)Nc2ccc(-n3cnnc3)nc2)cc1. The van der Waals surface area contributed by atoms with Gasteiger partial charge in [0.05, 0.1) is 18.5 Å². The molecule has 0 radical (unpaired) electrons. The van der Waals surface area contributed by atoms with Crippen molar-refractivity contribution in [3.05, 3.63) is 60.8 Å². The molecule has 2 heterocycles. The van der Waals surface area contributed by atoms with Crippen LogP contribution in [0.1, 0.15) is 18.4 Å². The minimum atomic E-state index is -0.0636. The van der Waals surface area contributed by atoms with Gasteiger partial charge < -0.3 is 10.1 Å². The molecule has 1 amide bonds. The molecule has 1 aromatic carbocycles. The van der Waals surface area contributed by atoms with Crippen molar-refractivity contribution in [3.63, 3.8) is 0 Å². The predicted octanol–water partition coefficient (Wildman–Crippen LogP) is 2.77. The molecule has 0 fully saturated rings. The van der Waals surface area contributed by atoms with Crippen LogP contribution in [0, 0.1) is 6.92 Å². The molecule has 0 aliphatic carbocycles. The molecule has 0 saturated heterocycles. The van der Waals surface area contributed by atoms with Crippen LogP contribution in [0.15, 0.2) is 55.2 Å². The minimum Gasteiger partial charge on any atom is -0.494 e. The number of rotatable bonds is 7. The largest absolute Gasteiger partial charge is 0.494 e. The van der Waals surface area contributed by atoms with E-state index in [2.05, 4.69) is 20.5 Å². The lowest BCUT2D eigenvalue weighted by atomic mass is 10.2. The van der Waals surface area contributed by atoms with Crippen molar-refractivity contribution in [2.24, 2.45) is 0 Å². The number of anilines is 1. The number of nitrogens with zero attached hydrogens (tertiary/aromatic N) is 4. The van der Waals surface area contributed by atoms with Gasteiger partial charge in [0.1, 0.15) is 24.2 Å². The van der Waals surface area contributed by atoms with Gasteiger partial charge in [-0.15, -0.1) is 10.2 Å². The van der Waals surface area contributed by atoms with Crippen molar-refractivity contribution in [3.8, 4) is 11.6 Å². The summed E-state index contributed by atoms with van der Waals surface area (Å²) in [5.74, 6) is 1.45.